The number of aryl methyl sites for hydroxylation is 1. The number of nitrogens with two attached hydrogens (primary N) is 1. The normalized spacial score (nSPS) is 12.8. The fourth-order valence-electron chi connectivity index (χ4n) is 1.55. The van der Waals surface area contributed by atoms with Crippen LogP contribution in [0.1, 0.15) is 24.2 Å². The van der Waals surface area contributed by atoms with Gasteiger partial charge in [-0.15, -0.1) is 0 Å². The Morgan fingerprint density at radius 2 is 2.18 bits per heavy atom. The lowest BCUT2D eigenvalue weighted by Crippen LogP contribution is -2.05. The topological polar surface area (TPSA) is 43.8 Å². The minimum absolute atomic E-state index is 0.0169. The van der Waals surface area contributed by atoms with Gasteiger partial charge in [-0.1, -0.05) is 17.7 Å². The Morgan fingerprint density at radius 1 is 1.47 bits per heavy atom. The van der Waals surface area contributed by atoms with Crippen LogP contribution in [0, 0.1) is 6.92 Å². The van der Waals surface area contributed by atoms with E-state index in [2.05, 4.69) is 21.0 Å². The van der Waals surface area contributed by atoms with Crippen LogP contribution < -0.4 is 5.73 Å². The molecule has 1 aromatic carbocycles. The van der Waals surface area contributed by atoms with Crippen LogP contribution in [0.3, 0.4) is 0 Å². The van der Waals surface area contributed by atoms with E-state index >= 15 is 0 Å². The third-order valence-electron chi connectivity index (χ3n) is 2.58. The van der Waals surface area contributed by atoms with Gasteiger partial charge in [-0.05, 0) is 47.5 Å². The van der Waals surface area contributed by atoms with Crippen molar-refractivity contribution in [2.75, 3.05) is 0 Å². The lowest BCUT2D eigenvalue weighted by molar-refractivity contribution is 0.811. The molecule has 2 rings (SSSR count). The minimum atomic E-state index is 0.0169. The van der Waals surface area contributed by atoms with Crippen LogP contribution in [0.25, 0.3) is 5.69 Å². The highest BCUT2D eigenvalue weighted by Gasteiger charge is 2.09. The van der Waals surface area contributed by atoms with Crippen LogP contribution in [0.2, 0.25) is 5.02 Å². The molecule has 1 aromatic heterocycles. The van der Waals surface area contributed by atoms with Gasteiger partial charge in [0.15, 0.2) is 0 Å². The van der Waals surface area contributed by atoms with E-state index in [1.807, 2.05) is 32.0 Å². The molecule has 0 aliphatic heterocycles. The van der Waals surface area contributed by atoms with Gasteiger partial charge in [0.05, 0.1) is 16.4 Å². The van der Waals surface area contributed by atoms with Gasteiger partial charge in [-0.2, -0.15) is 5.10 Å². The summed E-state index contributed by atoms with van der Waals surface area (Å²) in [6, 6.07) is 6.00. The summed E-state index contributed by atoms with van der Waals surface area (Å²) in [5.74, 6) is 0. The number of aromatic nitrogens is 2. The fraction of sp³-hybridized carbons (Fsp3) is 0.250. The van der Waals surface area contributed by atoms with Crippen LogP contribution in [0.4, 0.5) is 0 Å². The molecule has 0 saturated carbocycles. The third kappa shape index (κ3) is 2.54. The van der Waals surface area contributed by atoms with Gasteiger partial charge in [0, 0.05) is 16.7 Å². The molecule has 0 fully saturated rings. The Morgan fingerprint density at radius 3 is 2.65 bits per heavy atom. The molecular formula is C12H13BrClN3. The van der Waals surface area contributed by atoms with E-state index in [0.29, 0.717) is 5.02 Å². The fourth-order valence-corrected chi connectivity index (χ4v) is 2.26. The zero-order valence-electron chi connectivity index (χ0n) is 9.61. The molecule has 90 valence electrons. The molecule has 0 saturated heterocycles. The Hall–Kier alpha value is -0.840. The minimum Gasteiger partial charge on any atom is -0.324 e. The van der Waals surface area contributed by atoms with Gasteiger partial charge < -0.3 is 5.73 Å². The predicted octanol–water partition coefficient (Wildman–Crippen LogP) is 3.62. The van der Waals surface area contributed by atoms with Gasteiger partial charge in [-0.3, -0.25) is 0 Å². The van der Waals surface area contributed by atoms with Gasteiger partial charge >= 0.3 is 0 Å². The van der Waals surface area contributed by atoms with Gasteiger partial charge in [0.25, 0.3) is 0 Å². The summed E-state index contributed by atoms with van der Waals surface area (Å²) in [6.45, 7) is 3.83. The number of hydrogen-bond acceptors (Lipinski definition) is 2. The molecule has 1 heterocycles. The molecule has 2 aromatic rings. The molecule has 0 amide bonds. The molecule has 0 radical (unpaired) electrons. The molecule has 1 atom stereocenters. The summed E-state index contributed by atoms with van der Waals surface area (Å²) in [5.41, 5.74) is 8.68. The first-order chi connectivity index (χ1) is 7.99. The summed E-state index contributed by atoms with van der Waals surface area (Å²) in [7, 11) is 0. The summed E-state index contributed by atoms with van der Waals surface area (Å²) in [5, 5.41) is 5.00. The van der Waals surface area contributed by atoms with Crippen LogP contribution in [0.15, 0.2) is 28.9 Å². The van der Waals surface area contributed by atoms with Crippen molar-refractivity contribution in [2.24, 2.45) is 5.73 Å². The second-order valence-electron chi connectivity index (χ2n) is 4.01. The van der Waals surface area contributed by atoms with E-state index in [4.69, 9.17) is 17.3 Å². The lowest BCUT2D eigenvalue weighted by Gasteiger charge is -2.09. The summed E-state index contributed by atoms with van der Waals surface area (Å²) in [4.78, 5) is 0. The first-order valence-electron chi connectivity index (χ1n) is 5.26. The van der Waals surface area contributed by atoms with Crippen molar-refractivity contribution in [3.63, 3.8) is 0 Å². The van der Waals surface area contributed by atoms with E-state index in [-0.39, 0.29) is 6.04 Å². The number of nitrogens with zero attached hydrogens (tertiary/aromatic N) is 2. The highest BCUT2D eigenvalue weighted by atomic mass is 79.9. The van der Waals surface area contributed by atoms with E-state index in [0.717, 1.165) is 21.4 Å². The molecule has 0 bridgehead atoms. The molecule has 2 N–H and O–H groups in total. The van der Waals surface area contributed by atoms with E-state index in [9.17, 15) is 0 Å². The maximum absolute atomic E-state index is 5.99. The second-order valence-corrected chi connectivity index (χ2v) is 5.27. The second kappa shape index (κ2) is 4.80. The largest absolute Gasteiger partial charge is 0.324 e. The number of halogens is 2. The highest BCUT2D eigenvalue weighted by molar-refractivity contribution is 9.10. The van der Waals surface area contributed by atoms with Crippen LogP contribution in [-0.2, 0) is 0 Å². The summed E-state index contributed by atoms with van der Waals surface area (Å²) >= 11 is 9.52. The maximum atomic E-state index is 5.99. The molecular weight excluding hydrogens is 302 g/mol. The number of hydrogen-bond donors (Lipinski definition) is 1. The van der Waals surface area contributed by atoms with Crippen molar-refractivity contribution in [3.05, 3.63) is 45.1 Å². The molecule has 5 heteroatoms. The number of benzene rings is 1. The molecule has 17 heavy (non-hydrogen) atoms. The lowest BCUT2D eigenvalue weighted by atomic mass is 10.1. The quantitative estimate of drug-likeness (QED) is 0.920. The average molecular weight is 315 g/mol. The predicted molar refractivity (Wildman–Crippen MR) is 73.6 cm³/mol. The third-order valence-corrected chi connectivity index (χ3v) is 3.59. The maximum Gasteiger partial charge on any atom is 0.0819 e. The van der Waals surface area contributed by atoms with Crippen LogP contribution in [0.5, 0.6) is 0 Å². The van der Waals surface area contributed by atoms with E-state index < -0.39 is 0 Å². The smallest absolute Gasteiger partial charge is 0.0819 e. The molecule has 0 aliphatic rings. The first-order valence-corrected chi connectivity index (χ1v) is 6.43. The van der Waals surface area contributed by atoms with Crippen molar-refractivity contribution < 1.29 is 0 Å². The van der Waals surface area contributed by atoms with Crippen LogP contribution in [-0.4, -0.2) is 9.78 Å². The summed E-state index contributed by atoms with van der Waals surface area (Å²) < 4.78 is 2.71. The molecule has 0 spiro atoms. The summed E-state index contributed by atoms with van der Waals surface area (Å²) in [6.07, 6.45) is 1.79. The first kappa shape index (κ1) is 12.6. The van der Waals surface area contributed by atoms with E-state index in [1.165, 1.54) is 0 Å². The zero-order valence-corrected chi connectivity index (χ0v) is 12.0. The Bertz CT molecular complexity index is 529. The van der Waals surface area contributed by atoms with Crippen molar-refractivity contribution in [1.29, 1.82) is 0 Å². The van der Waals surface area contributed by atoms with Crippen molar-refractivity contribution in [3.8, 4) is 5.69 Å². The van der Waals surface area contributed by atoms with Crippen molar-refractivity contribution >= 4 is 27.5 Å². The highest BCUT2D eigenvalue weighted by Crippen LogP contribution is 2.26. The Labute approximate surface area is 114 Å². The molecule has 3 nitrogen and oxygen atoms in total. The van der Waals surface area contributed by atoms with Crippen molar-refractivity contribution in [1.82, 2.24) is 9.78 Å². The van der Waals surface area contributed by atoms with Crippen LogP contribution >= 0.6 is 27.5 Å². The van der Waals surface area contributed by atoms with Gasteiger partial charge in [0.2, 0.25) is 0 Å². The number of rotatable bonds is 2. The average Bonchev–Trinajstić information content (AvgIpc) is 2.58. The molecule has 0 aliphatic carbocycles. The SMILES string of the molecule is Cc1nn(-c2ccc([C@H](C)N)cc2Br)cc1Cl. The standard InChI is InChI=1S/C12H13BrClN3/c1-7(15)9-3-4-12(10(13)5-9)17-6-11(14)8(2)16-17/h3-7H,15H2,1-2H3/t7-/m0/s1. The zero-order chi connectivity index (χ0) is 12.6. The van der Waals surface area contributed by atoms with Gasteiger partial charge in [0.1, 0.15) is 0 Å². The Kier molecular flexibility index (Phi) is 3.56. The van der Waals surface area contributed by atoms with Crippen molar-refractivity contribution in [2.45, 2.75) is 19.9 Å². The molecule has 0 unspecified atom stereocenters. The monoisotopic (exact) mass is 313 g/mol. The van der Waals surface area contributed by atoms with Gasteiger partial charge in [-0.25, -0.2) is 4.68 Å². The van der Waals surface area contributed by atoms with E-state index in [1.54, 1.807) is 10.9 Å². The Balaban J connectivity index is 2.46.